The van der Waals surface area contributed by atoms with E-state index >= 15 is 0 Å². The first-order valence-electron chi connectivity index (χ1n) is 6.51. The molecule has 0 aliphatic heterocycles. The molecule has 0 amide bonds. The summed E-state index contributed by atoms with van der Waals surface area (Å²) < 4.78 is 0. The number of hydrogen-bond acceptors (Lipinski definition) is 2. The summed E-state index contributed by atoms with van der Waals surface area (Å²) in [6.07, 6.45) is 6.47. The maximum Gasteiger partial charge on any atom is 0.142 e. The summed E-state index contributed by atoms with van der Waals surface area (Å²) in [5.41, 5.74) is 2.28. The lowest BCUT2D eigenvalue weighted by Crippen LogP contribution is -1.83. The molecular weight excluding hydrogens is 248 g/mol. The Kier molecular flexibility index (Phi) is 8.13. The standard InChI is InChI=1S/C9H10O.C9H8O/c2*10-8-4-7-9-5-2-1-3-6-9/h1-3,5-6,8H,4,7H2;1-8H. The van der Waals surface area contributed by atoms with Crippen molar-refractivity contribution in [1.82, 2.24) is 0 Å². The Labute approximate surface area is 119 Å². The number of allylic oxidation sites excluding steroid dienone is 1. The summed E-state index contributed by atoms with van der Waals surface area (Å²) in [6, 6.07) is 19.7. The first kappa shape index (κ1) is 15.6. The molecule has 0 atom stereocenters. The van der Waals surface area contributed by atoms with Crippen LogP contribution in [0, 0.1) is 0 Å². The van der Waals surface area contributed by atoms with Crippen molar-refractivity contribution in [3.63, 3.8) is 0 Å². The van der Waals surface area contributed by atoms with Crippen molar-refractivity contribution in [2.75, 3.05) is 0 Å². The van der Waals surface area contributed by atoms with E-state index < -0.39 is 0 Å². The summed E-state index contributed by atoms with van der Waals surface area (Å²) in [5, 5.41) is 0. The van der Waals surface area contributed by atoms with Crippen LogP contribution in [-0.2, 0) is 16.0 Å². The Morgan fingerprint density at radius 1 is 0.800 bits per heavy atom. The second-order valence-corrected chi connectivity index (χ2v) is 4.10. The van der Waals surface area contributed by atoms with Crippen molar-refractivity contribution in [1.29, 1.82) is 0 Å². The van der Waals surface area contributed by atoms with E-state index in [9.17, 15) is 9.59 Å². The Hall–Kier alpha value is -2.48. The van der Waals surface area contributed by atoms with E-state index in [1.807, 2.05) is 60.7 Å². The van der Waals surface area contributed by atoms with Gasteiger partial charge in [0.2, 0.25) is 0 Å². The summed E-state index contributed by atoms with van der Waals surface area (Å²) in [5.74, 6) is 0. The van der Waals surface area contributed by atoms with Gasteiger partial charge in [0.25, 0.3) is 0 Å². The lowest BCUT2D eigenvalue weighted by molar-refractivity contribution is -0.107. The number of benzene rings is 2. The lowest BCUT2D eigenvalue weighted by atomic mass is 10.1. The fourth-order valence-corrected chi connectivity index (χ4v) is 1.58. The Bertz CT molecular complexity index is 516. The fourth-order valence-electron chi connectivity index (χ4n) is 1.58. The molecule has 2 rings (SSSR count). The SMILES string of the molecule is O=CC=Cc1ccccc1.O=CCCc1ccccc1. The molecule has 0 unspecified atom stereocenters. The van der Waals surface area contributed by atoms with Crippen LogP contribution < -0.4 is 0 Å². The minimum Gasteiger partial charge on any atom is -0.303 e. The number of carbonyl (C=O) groups is 2. The molecule has 0 heterocycles. The highest BCUT2D eigenvalue weighted by Crippen LogP contribution is 2.00. The molecular formula is C18H18O2. The number of hydrogen-bond donors (Lipinski definition) is 0. The monoisotopic (exact) mass is 266 g/mol. The Morgan fingerprint density at radius 2 is 1.40 bits per heavy atom. The summed E-state index contributed by atoms with van der Waals surface area (Å²) in [7, 11) is 0. The zero-order valence-electron chi connectivity index (χ0n) is 11.3. The average Bonchev–Trinajstić information content (AvgIpc) is 2.53. The highest BCUT2D eigenvalue weighted by atomic mass is 16.1. The van der Waals surface area contributed by atoms with Gasteiger partial charge >= 0.3 is 0 Å². The second-order valence-electron chi connectivity index (χ2n) is 4.10. The normalized spacial score (nSPS) is 9.60. The average molecular weight is 266 g/mol. The van der Waals surface area contributed by atoms with Crippen molar-refractivity contribution < 1.29 is 9.59 Å². The van der Waals surface area contributed by atoms with Gasteiger partial charge in [-0.3, -0.25) is 4.79 Å². The topological polar surface area (TPSA) is 34.1 Å². The minimum atomic E-state index is 0.629. The Balaban J connectivity index is 0.000000200. The maximum absolute atomic E-state index is 9.98. The van der Waals surface area contributed by atoms with Gasteiger partial charge in [0.15, 0.2) is 0 Å². The van der Waals surface area contributed by atoms with Crippen LogP contribution in [0.2, 0.25) is 0 Å². The highest BCUT2D eigenvalue weighted by Gasteiger charge is 1.87. The minimum absolute atomic E-state index is 0.629. The molecule has 2 heteroatoms. The molecule has 20 heavy (non-hydrogen) atoms. The van der Waals surface area contributed by atoms with Gasteiger partial charge in [-0.2, -0.15) is 0 Å². The van der Waals surface area contributed by atoms with Crippen LogP contribution in [-0.4, -0.2) is 12.6 Å². The molecule has 0 saturated carbocycles. The van der Waals surface area contributed by atoms with E-state index in [-0.39, 0.29) is 0 Å². The number of rotatable bonds is 5. The van der Waals surface area contributed by atoms with Crippen LogP contribution in [0.4, 0.5) is 0 Å². The van der Waals surface area contributed by atoms with Crippen LogP contribution >= 0.6 is 0 Å². The second kappa shape index (κ2) is 10.4. The Morgan fingerprint density at radius 3 is 1.95 bits per heavy atom. The van der Waals surface area contributed by atoms with Crippen LogP contribution in [0.1, 0.15) is 17.5 Å². The summed E-state index contributed by atoms with van der Waals surface area (Å²) in [4.78, 5) is 19.9. The zero-order valence-corrected chi connectivity index (χ0v) is 11.3. The van der Waals surface area contributed by atoms with Gasteiger partial charge in [-0.25, -0.2) is 0 Å². The van der Waals surface area contributed by atoms with E-state index in [4.69, 9.17) is 0 Å². The molecule has 102 valence electrons. The first-order chi connectivity index (χ1) is 9.86. The van der Waals surface area contributed by atoms with Gasteiger partial charge in [0.05, 0.1) is 0 Å². The van der Waals surface area contributed by atoms with Crippen molar-refractivity contribution >= 4 is 18.6 Å². The molecule has 2 aromatic rings. The smallest absolute Gasteiger partial charge is 0.142 e. The van der Waals surface area contributed by atoms with Crippen LogP contribution in [0.5, 0.6) is 0 Å². The third-order valence-electron chi connectivity index (χ3n) is 2.56. The third-order valence-corrected chi connectivity index (χ3v) is 2.56. The molecule has 0 spiro atoms. The maximum atomic E-state index is 9.98. The van der Waals surface area contributed by atoms with Gasteiger partial charge in [0, 0.05) is 6.42 Å². The molecule has 0 N–H and O–H groups in total. The van der Waals surface area contributed by atoms with Crippen molar-refractivity contribution in [3.05, 3.63) is 77.9 Å². The van der Waals surface area contributed by atoms with Crippen molar-refractivity contribution in [2.24, 2.45) is 0 Å². The number of aldehydes is 2. The molecule has 0 bridgehead atoms. The van der Waals surface area contributed by atoms with Crippen LogP contribution in [0.15, 0.2) is 66.7 Å². The molecule has 0 saturated heterocycles. The fraction of sp³-hybridized carbons (Fsp3) is 0.111. The van der Waals surface area contributed by atoms with Gasteiger partial charge in [-0.05, 0) is 23.6 Å². The largest absolute Gasteiger partial charge is 0.303 e. The quantitative estimate of drug-likeness (QED) is 0.610. The van der Waals surface area contributed by atoms with E-state index in [0.717, 1.165) is 24.6 Å². The summed E-state index contributed by atoms with van der Waals surface area (Å²) >= 11 is 0. The van der Waals surface area contributed by atoms with Crippen molar-refractivity contribution in [3.8, 4) is 0 Å². The predicted octanol–water partition coefficient (Wildman–Crippen LogP) is 3.72. The molecule has 0 aromatic heterocycles. The van der Waals surface area contributed by atoms with Gasteiger partial charge in [-0.1, -0.05) is 66.7 Å². The molecule has 2 nitrogen and oxygen atoms in total. The highest BCUT2D eigenvalue weighted by molar-refractivity contribution is 5.73. The van der Waals surface area contributed by atoms with Gasteiger partial charge < -0.3 is 4.79 Å². The zero-order chi connectivity index (χ0) is 14.5. The predicted molar refractivity (Wildman–Crippen MR) is 82.4 cm³/mol. The van der Waals surface area contributed by atoms with Gasteiger partial charge in [0.1, 0.15) is 12.6 Å². The van der Waals surface area contributed by atoms with E-state index in [1.54, 1.807) is 6.08 Å². The molecule has 0 fully saturated rings. The molecule has 2 aromatic carbocycles. The molecule has 0 aliphatic carbocycles. The van der Waals surface area contributed by atoms with Crippen LogP contribution in [0.25, 0.3) is 6.08 Å². The first-order valence-corrected chi connectivity index (χ1v) is 6.51. The number of aryl methyl sites for hydroxylation is 1. The lowest BCUT2D eigenvalue weighted by Gasteiger charge is -1.93. The van der Waals surface area contributed by atoms with E-state index in [0.29, 0.717) is 6.42 Å². The van der Waals surface area contributed by atoms with Gasteiger partial charge in [-0.15, -0.1) is 0 Å². The molecule has 0 aliphatic rings. The van der Waals surface area contributed by atoms with E-state index in [1.165, 1.54) is 11.6 Å². The number of carbonyl (C=O) groups excluding carboxylic acids is 2. The van der Waals surface area contributed by atoms with E-state index in [2.05, 4.69) is 0 Å². The van der Waals surface area contributed by atoms with Crippen molar-refractivity contribution in [2.45, 2.75) is 12.8 Å². The summed E-state index contributed by atoms with van der Waals surface area (Å²) in [6.45, 7) is 0. The third kappa shape index (κ3) is 7.07. The molecule has 0 radical (unpaired) electrons. The van der Waals surface area contributed by atoms with Crippen LogP contribution in [0.3, 0.4) is 0 Å².